The summed E-state index contributed by atoms with van der Waals surface area (Å²) in [6, 6.07) is 2.00. The van der Waals surface area contributed by atoms with Crippen LogP contribution in [0, 0.1) is 6.92 Å². The first-order valence-electron chi connectivity index (χ1n) is 6.13. The number of nitrogens with zero attached hydrogens (tertiary/aromatic N) is 2. The van der Waals surface area contributed by atoms with Gasteiger partial charge in [-0.05, 0) is 49.5 Å². The van der Waals surface area contributed by atoms with Crippen LogP contribution in [0.1, 0.15) is 25.0 Å². The molecule has 0 saturated carbocycles. The highest BCUT2D eigenvalue weighted by atomic mass is 32.1. The number of hydrogen-bond acceptors (Lipinski definition) is 6. The number of aryl methyl sites for hydroxylation is 1. The number of rotatable bonds is 5. The fourth-order valence-corrected chi connectivity index (χ4v) is 2.28. The number of nitrogen functional groups attached to an aromatic ring is 1. The lowest BCUT2D eigenvalue weighted by molar-refractivity contribution is 0.245. The maximum absolute atomic E-state index is 5.81. The van der Waals surface area contributed by atoms with Crippen molar-refractivity contribution in [3.8, 4) is 5.75 Å². The number of aromatic nitrogens is 2. The lowest BCUT2D eigenvalue weighted by Crippen LogP contribution is -2.09. The van der Waals surface area contributed by atoms with Crippen LogP contribution in [0.5, 0.6) is 5.75 Å². The Morgan fingerprint density at radius 1 is 1.47 bits per heavy atom. The van der Waals surface area contributed by atoms with Crippen molar-refractivity contribution in [2.45, 2.75) is 33.4 Å². The molecule has 0 atom stereocenters. The van der Waals surface area contributed by atoms with Gasteiger partial charge < -0.3 is 15.8 Å². The summed E-state index contributed by atoms with van der Waals surface area (Å²) in [6.07, 6.45) is 3.71. The molecule has 0 aliphatic carbocycles. The average Bonchev–Trinajstić information content (AvgIpc) is 2.70. The van der Waals surface area contributed by atoms with Crippen LogP contribution in [0.15, 0.2) is 18.5 Å². The SMILES string of the molecule is Cc1cnccc1CNc1snc(N)c1OC(C)C. The third-order valence-corrected chi connectivity index (χ3v) is 3.40. The van der Waals surface area contributed by atoms with Gasteiger partial charge in [0.15, 0.2) is 16.6 Å². The molecule has 19 heavy (non-hydrogen) atoms. The fourth-order valence-electron chi connectivity index (χ4n) is 1.63. The Kier molecular flexibility index (Phi) is 4.21. The monoisotopic (exact) mass is 278 g/mol. The zero-order valence-corrected chi connectivity index (χ0v) is 12.1. The topological polar surface area (TPSA) is 73.1 Å². The molecule has 0 amide bonds. The van der Waals surface area contributed by atoms with E-state index in [1.54, 1.807) is 6.20 Å². The molecule has 6 heteroatoms. The van der Waals surface area contributed by atoms with Crippen molar-refractivity contribution in [2.24, 2.45) is 0 Å². The summed E-state index contributed by atoms with van der Waals surface area (Å²) in [6.45, 7) is 6.67. The van der Waals surface area contributed by atoms with Gasteiger partial charge in [-0.2, -0.15) is 4.37 Å². The van der Waals surface area contributed by atoms with E-state index < -0.39 is 0 Å². The highest BCUT2D eigenvalue weighted by Gasteiger charge is 2.14. The van der Waals surface area contributed by atoms with E-state index in [4.69, 9.17) is 10.5 Å². The van der Waals surface area contributed by atoms with Gasteiger partial charge in [0.25, 0.3) is 0 Å². The molecule has 0 aliphatic heterocycles. The number of anilines is 2. The van der Waals surface area contributed by atoms with Crippen molar-refractivity contribution >= 4 is 22.4 Å². The van der Waals surface area contributed by atoms with Gasteiger partial charge in [0.05, 0.1) is 6.10 Å². The van der Waals surface area contributed by atoms with Crippen molar-refractivity contribution in [2.75, 3.05) is 11.1 Å². The van der Waals surface area contributed by atoms with Crippen molar-refractivity contribution in [1.82, 2.24) is 9.36 Å². The largest absolute Gasteiger partial charge is 0.484 e. The second-order valence-electron chi connectivity index (χ2n) is 4.55. The molecule has 0 unspecified atom stereocenters. The van der Waals surface area contributed by atoms with Crippen LogP contribution in [-0.2, 0) is 6.54 Å². The lowest BCUT2D eigenvalue weighted by atomic mass is 10.1. The molecule has 0 fully saturated rings. The molecule has 2 aromatic heterocycles. The first-order valence-corrected chi connectivity index (χ1v) is 6.90. The van der Waals surface area contributed by atoms with Crippen LogP contribution >= 0.6 is 11.5 Å². The summed E-state index contributed by atoms with van der Waals surface area (Å²) >= 11 is 1.32. The summed E-state index contributed by atoms with van der Waals surface area (Å²) in [4.78, 5) is 4.08. The lowest BCUT2D eigenvalue weighted by Gasteiger charge is -2.12. The van der Waals surface area contributed by atoms with Gasteiger partial charge in [-0.1, -0.05) is 0 Å². The summed E-state index contributed by atoms with van der Waals surface area (Å²) in [5, 5.41) is 4.18. The molecule has 102 valence electrons. The summed E-state index contributed by atoms with van der Waals surface area (Å²) in [5.74, 6) is 1.08. The first-order chi connectivity index (χ1) is 9.08. The van der Waals surface area contributed by atoms with Gasteiger partial charge in [-0.25, -0.2) is 0 Å². The maximum atomic E-state index is 5.81. The summed E-state index contributed by atoms with van der Waals surface area (Å²) in [7, 11) is 0. The Hall–Kier alpha value is -1.82. The zero-order valence-electron chi connectivity index (χ0n) is 11.3. The van der Waals surface area contributed by atoms with E-state index in [0.29, 0.717) is 18.1 Å². The number of hydrogen-bond donors (Lipinski definition) is 2. The summed E-state index contributed by atoms with van der Waals surface area (Å²) in [5.41, 5.74) is 8.16. The Morgan fingerprint density at radius 2 is 2.26 bits per heavy atom. The second kappa shape index (κ2) is 5.88. The second-order valence-corrected chi connectivity index (χ2v) is 5.32. The third-order valence-electron chi connectivity index (χ3n) is 2.60. The predicted molar refractivity (Wildman–Crippen MR) is 78.6 cm³/mol. The minimum Gasteiger partial charge on any atom is -0.484 e. The molecule has 3 N–H and O–H groups in total. The van der Waals surface area contributed by atoms with Gasteiger partial charge >= 0.3 is 0 Å². The van der Waals surface area contributed by atoms with Crippen molar-refractivity contribution < 1.29 is 4.74 Å². The Labute approximate surface area is 117 Å². The van der Waals surface area contributed by atoms with E-state index in [1.165, 1.54) is 17.1 Å². The van der Waals surface area contributed by atoms with E-state index in [2.05, 4.69) is 14.7 Å². The Morgan fingerprint density at radius 3 is 2.95 bits per heavy atom. The van der Waals surface area contributed by atoms with Crippen LogP contribution in [0.25, 0.3) is 0 Å². The number of pyridine rings is 1. The van der Waals surface area contributed by atoms with Gasteiger partial charge in [0.1, 0.15) is 0 Å². The predicted octanol–water partition coefficient (Wildman–Crippen LogP) is 2.83. The minimum atomic E-state index is 0.0712. The molecule has 2 aromatic rings. The molecule has 5 nitrogen and oxygen atoms in total. The smallest absolute Gasteiger partial charge is 0.197 e. The molecular weight excluding hydrogens is 260 g/mol. The average molecular weight is 278 g/mol. The fraction of sp³-hybridized carbons (Fsp3) is 0.385. The molecule has 0 bridgehead atoms. The molecule has 0 aliphatic rings. The van der Waals surface area contributed by atoms with Gasteiger partial charge in [0.2, 0.25) is 0 Å². The maximum Gasteiger partial charge on any atom is 0.197 e. The first kappa shape index (κ1) is 13.6. The van der Waals surface area contributed by atoms with Crippen LogP contribution in [-0.4, -0.2) is 15.5 Å². The highest BCUT2D eigenvalue weighted by molar-refractivity contribution is 7.11. The van der Waals surface area contributed by atoms with Crippen molar-refractivity contribution in [3.63, 3.8) is 0 Å². The third kappa shape index (κ3) is 3.35. The number of nitrogens with two attached hydrogens (primary N) is 1. The van der Waals surface area contributed by atoms with Crippen LogP contribution in [0.3, 0.4) is 0 Å². The van der Waals surface area contributed by atoms with E-state index >= 15 is 0 Å². The molecule has 0 saturated heterocycles. The van der Waals surface area contributed by atoms with Gasteiger partial charge in [-0.3, -0.25) is 4.98 Å². The molecule has 0 radical (unpaired) electrons. The molecule has 2 heterocycles. The quantitative estimate of drug-likeness (QED) is 0.879. The zero-order chi connectivity index (χ0) is 13.8. The van der Waals surface area contributed by atoms with Gasteiger partial charge in [-0.15, -0.1) is 0 Å². The van der Waals surface area contributed by atoms with E-state index in [9.17, 15) is 0 Å². The van der Waals surface area contributed by atoms with E-state index in [0.717, 1.165) is 10.6 Å². The van der Waals surface area contributed by atoms with E-state index in [1.807, 2.05) is 33.0 Å². The minimum absolute atomic E-state index is 0.0712. The van der Waals surface area contributed by atoms with Crippen LogP contribution < -0.4 is 15.8 Å². The standard InChI is InChI=1S/C13H18N4OS/c1-8(2)18-11-12(14)17-19-13(11)16-7-10-4-5-15-6-9(10)3/h4-6,8,16H,7H2,1-3H3,(H2,14,17). The Balaban J connectivity index is 2.10. The Bertz CT molecular complexity index is 553. The van der Waals surface area contributed by atoms with E-state index in [-0.39, 0.29) is 6.10 Å². The molecule has 2 rings (SSSR count). The molecule has 0 aromatic carbocycles. The van der Waals surface area contributed by atoms with Crippen molar-refractivity contribution in [1.29, 1.82) is 0 Å². The molecular formula is C13H18N4OS. The number of ether oxygens (including phenoxy) is 1. The van der Waals surface area contributed by atoms with Gasteiger partial charge in [0, 0.05) is 18.9 Å². The summed E-state index contributed by atoms with van der Waals surface area (Å²) < 4.78 is 9.81. The molecule has 0 spiro atoms. The number of nitrogens with one attached hydrogen (secondary N) is 1. The van der Waals surface area contributed by atoms with Crippen molar-refractivity contribution in [3.05, 3.63) is 29.6 Å². The van der Waals surface area contributed by atoms with Crippen LogP contribution in [0.2, 0.25) is 0 Å². The van der Waals surface area contributed by atoms with Crippen LogP contribution in [0.4, 0.5) is 10.8 Å². The normalized spacial score (nSPS) is 10.7. The highest BCUT2D eigenvalue weighted by Crippen LogP contribution is 2.36.